The lowest BCUT2D eigenvalue weighted by molar-refractivity contribution is -0.0412. The molecule has 1 aliphatic rings. The van der Waals surface area contributed by atoms with Crippen LogP contribution in [-0.4, -0.2) is 31.7 Å². The average Bonchev–Trinajstić information content (AvgIpc) is 2.29. The molecule has 0 amide bonds. The molecule has 1 radical (unpaired) electrons. The topological polar surface area (TPSA) is 37.4 Å². The van der Waals surface area contributed by atoms with E-state index in [2.05, 4.69) is 6.07 Å². The molecule has 6 heteroatoms. The third kappa shape index (κ3) is 2.63. The lowest BCUT2D eigenvalue weighted by Gasteiger charge is -2.30. The molecule has 1 fully saturated rings. The van der Waals surface area contributed by atoms with Gasteiger partial charge in [-0.15, -0.1) is 0 Å². The SMILES string of the molecule is O=S(=O)(c1cc[c]cc1)N1CCC(F)(F)CC1. The number of sulfonamides is 1. The summed E-state index contributed by atoms with van der Waals surface area (Å²) in [4.78, 5) is 0.126. The summed E-state index contributed by atoms with van der Waals surface area (Å²) in [5.41, 5.74) is 0. The van der Waals surface area contributed by atoms with Gasteiger partial charge in [-0.25, -0.2) is 17.2 Å². The van der Waals surface area contributed by atoms with Gasteiger partial charge in [0.1, 0.15) is 0 Å². The lowest BCUT2D eigenvalue weighted by Crippen LogP contribution is -2.42. The van der Waals surface area contributed by atoms with Crippen LogP contribution in [0.3, 0.4) is 0 Å². The van der Waals surface area contributed by atoms with E-state index in [0.29, 0.717) is 0 Å². The molecule has 0 aliphatic carbocycles. The van der Waals surface area contributed by atoms with Gasteiger partial charge in [-0.1, -0.05) is 12.1 Å². The predicted molar refractivity (Wildman–Crippen MR) is 58.2 cm³/mol. The van der Waals surface area contributed by atoms with Crippen LogP contribution in [-0.2, 0) is 10.0 Å². The molecular formula is C11H12F2NO2S. The minimum absolute atomic E-state index is 0.126. The van der Waals surface area contributed by atoms with E-state index in [1.165, 1.54) is 24.3 Å². The third-order valence-corrected chi connectivity index (χ3v) is 4.69. The Kier molecular flexibility index (Phi) is 3.18. The van der Waals surface area contributed by atoms with E-state index in [9.17, 15) is 17.2 Å². The van der Waals surface area contributed by atoms with Crippen molar-refractivity contribution in [2.24, 2.45) is 0 Å². The fourth-order valence-corrected chi connectivity index (χ4v) is 3.19. The number of hydrogen-bond donors (Lipinski definition) is 0. The Morgan fingerprint density at radius 2 is 1.71 bits per heavy atom. The molecule has 93 valence electrons. The highest BCUT2D eigenvalue weighted by atomic mass is 32.2. The lowest BCUT2D eigenvalue weighted by atomic mass is 10.1. The normalized spacial score (nSPS) is 21.3. The molecule has 3 nitrogen and oxygen atoms in total. The van der Waals surface area contributed by atoms with Gasteiger partial charge < -0.3 is 0 Å². The second kappa shape index (κ2) is 4.34. The molecule has 0 N–H and O–H groups in total. The zero-order valence-corrected chi connectivity index (χ0v) is 9.88. The summed E-state index contributed by atoms with van der Waals surface area (Å²) in [5.74, 6) is -2.74. The first-order valence-corrected chi connectivity index (χ1v) is 6.70. The first-order chi connectivity index (χ1) is 7.92. The third-order valence-electron chi connectivity index (χ3n) is 2.78. The van der Waals surface area contributed by atoms with E-state index in [1.807, 2.05) is 0 Å². The minimum Gasteiger partial charge on any atom is -0.207 e. The highest BCUT2D eigenvalue weighted by molar-refractivity contribution is 7.89. The Bertz CT molecular complexity index is 477. The highest BCUT2D eigenvalue weighted by Crippen LogP contribution is 2.30. The van der Waals surface area contributed by atoms with Crippen molar-refractivity contribution in [3.63, 3.8) is 0 Å². The van der Waals surface area contributed by atoms with Crippen LogP contribution >= 0.6 is 0 Å². The van der Waals surface area contributed by atoms with Gasteiger partial charge in [0, 0.05) is 25.9 Å². The summed E-state index contributed by atoms with van der Waals surface area (Å²) < 4.78 is 51.1. The Morgan fingerprint density at radius 3 is 2.24 bits per heavy atom. The quantitative estimate of drug-likeness (QED) is 0.814. The number of alkyl halides is 2. The Morgan fingerprint density at radius 1 is 1.18 bits per heavy atom. The van der Waals surface area contributed by atoms with Crippen molar-refractivity contribution < 1.29 is 17.2 Å². The largest absolute Gasteiger partial charge is 0.250 e. The van der Waals surface area contributed by atoms with Gasteiger partial charge in [-0.3, -0.25) is 0 Å². The second-order valence-electron chi connectivity index (χ2n) is 4.00. The van der Waals surface area contributed by atoms with E-state index in [1.54, 1.807) is 0 Å². The van der Waals surface area contributed by atoms with Crippen LogP contribution in [0.1, 0.15) is 12.8 Å². The molecule has 1 aromatic carbocycles. The molecule has 0 atom stereocenters. The van der Waals surface area contributed by atoms with Crippen LogP contribution in [0.4, 0.5) is 8.78 Å². The molecule has 1 aromatic rings. The average molecular weight is 260 g/mol. The Hall–Kier alpha value is -1.01. The molecule has 0 spiro atoms. The van der Waals surface area contributed by atoms with E-state index in [-0.39, 0.29) is 18.0 Å². The standard InChI is InChI=1S/C11H12F2NO2S/c12-11(13)6-8-14(9-7-11)17(15,16)10-4-2-1-3-5-10/h2-5H,6-9H2. The number of hydrogen-bond acceptors (Lipinski definition) is 2. The maximum absolute atomic E-state index is 12.9. The van der Waals surface area contributed by atoms with Crippen LogP contribution in [0.2, 0.25) is 0 Å². The monoisotopic (exact) mass is 260 g/mol. The van der Waals surface area contributed by atoms with Gasteiger partial charge in [0.15, 0.2) is 0 Å². The van der Waals surface area contributed by atoms with Gasteiger partial charge in [0.25, 0.3) is 5.92 Å². The number of nitrogens with zero attached hydrogens (tertiary/aromatic N) is 1. The fraction of sp³-hybridized carbons (Fsp3) is 0.455. The molecular weight excluding hydrogens is 248 g/mol. The molecule has 0 aromatic heterocycles. The number of halogens is 2. The zero-order valence-electron chi connectivity index (χ0n) is 9.07. The second-order valence-corrected chi connectivity index (χ2v) is 5.93. The van der Waals surface area contributed by atoms with Gasteiger partial charge in [0.05, 0.1) is 4.90 Å². The molecule has 0 bridgehead atoms. The summed E-state index contributed by atoms with van der Waals surface area (Å²) >= 11 is 0. The summed E-state index contributed by atoms with van der Waals surface area (Å²) in [6, 6.07) is 8.54. The van der Waals surface area contributed by atoms with Crippen molar-refractivity contribution in [2.75, 3.05) is 13.1 Å². The Labute approximate surface area is 99.1 Å². The maximum atomic E-state index is 12.9. The van der Waals surface area contributed by atoms with Crippen molar-refractivity contribution in [2.45, 2.75) is 23.7 Å². The van der Waals surface area contributed by atoms with Crippen molar-refractivity contribution in [1.82, 2.24) is 4.31 Å². The van der Waals surface area contributed by atoms with Gasteiger partial charge in [0.2, 0.25) is 10.0 Å². The van der Waals surface area contributed by atoms with E-state index >= 15 is 0 Å². The van der Waals surface area contributed by atoms with Gasteiger partial charge in [-0.05, 0) is 18.2 Å². The van der Waals surface area contributed by atoms with E-state index in [0.717, 1.165) is 4.31 Å². The first kappa shape index (κ1) is 12.4. The van der Waals surface area contributed by atoms with Crippen molar-refractivity contribution in [1.29, 1.82) is 0 Å². The molecule has 1 heterocycles. The van der Waals surface area contributed by atoms with Gasteiger partial charge >= 0.3 is 0 Å². The molecule has 0 saturated carbocycles. The van der Waals surface area contributed by atoms with Crippen molar-refractivity contribution >= 4 is 10.0 Å². The summed E-state index contributed by atoms with van der Waals surface area (Å²) in [5, 5.41) is 0. The number of rotatable bonds is 2. The molecule has 0 unspecified atom stereocenters. The van der Waals surface area contributed by atoms with E-state index < -0.39 is 28.8 Å². The molecule has 1 aliphatic heterocycles. The summed E-state index contributed by atoms with van der Waals surface area (Å²) in [6.07, 6.45) is -0.823. The van der Waals surface area contributed by atoms with E-state index in [4.69, 9.17) is 0 Å². The number of piperidine rings is 1. The first-order valence-electron chi connectivity index (χ1n) is 5.26. The number of benzene rings is 1. The maximum Gasteiger partial charge on any atom is 0.250 e. The smallest absolute Gasteiger partial charge is 0.207 e. The van der Waals surface area contributed by atoms with Gasteiger partial charge in [-0.2, -0.15) is 4.31 Å². The fourth-order valence-electron chi connectivity index (χ4n) is 1.75. The zero-order chi connectivity index (χ0) is 12.5. The van der Waals surface area contributed by atoms with Crippen molar-refractivity contribution in [3.8, 4) is 0 Å². The van der Waals surface area contributed by atoms with Crippen LogP contribution < -0.4 is 0 Å². The van der Waals surface area contributed by atoms with Crippen molar-refractivity contribution in [3.05, 3.63) is 30.3 Å². The summed E-state index contributed by atoms with van der Waals surface area (Å²) in [7, 11) is -3.63. The highest BCUT2D eigenvalue weighted by Gasteiger charge is 2.38. The van der Waals surface area contributed by atoms with Crippen LogP contribution in [0.5, 0.6) is 0 Å². The summed E-state index contributed by atoms with van der Waals surface area (Å²) in [6.45, 7) is -0.262. The molecule has 2 rings (SSSR count). The molecule has 1 saturated heterocycles. The Balaban J connectivity index is 2.19. The minimum atomic E-state index is -3.63. The predicted octanol–water partition coefficient (Wildman–Crippen LogP) is 1.91. The van der Waals surface area contributed by atoms with Crippen LogP contribution in [0.15, 0.2) is 29.2 Å². The van der Waals surface area contributed by atoms with Crippen LogP contribution in [0, 0.1) is 6.07 Å². The molecule has 17 heavy (non-hydrogen) atoms. The van der Waals surface area contributed by atoms with Crippen LogP contribution in [0.25, 0.3) is 0 Å².